The molecule has 3 heterocycles. The molecule has 1 atom stereocenters. The zero-order valence-corrected chi connectivity index (χ0v) is 16.1. The van der Waals surface area contributed by atoms with Crippen LogP contribution in [0.5, 0.6) is 0 Å². The van der Waals surface area contributed by atoms with E-state index < -0.39 is 17.5 Å². The quantitative estimate of drug-likeness (QED) is 0.697. The summed E-state index contributed by atoms with van der Waals surface area (Å²) in [6, 6.07) is 7.45. The molecule has 1 amide bonds. The molecule has 1 aliphatic carbocycles. The summed E-state index contributed by atoms with van der Waals surface area (Å²) < 4.78 is 42.4. The van der Waals surface area contributed by atoms with Gasteiger partial charge in [-0.05, 0) is 31.9 Å². The van der Waals surface area contributed by atoms with Crippen LogP contribution in [0, 0.1) is 0 Å². The summed E-state index contributed by atoms with van der Waals surface area (Å²) in [6.45, 7) is 0.887. The lowest BCUT2D eigenvalue weighted by Gasteiger charge is -2.41. The summed E-state index contributed by atoms with van der Waals surface area (Å²) in [5.74, 6) is -0.990. The van der Waals surface area contributed by atoms with E-state index in [0.29, 0.717) is 12.8 Å². The first-order valence-electron chi connectivity index (χ1n) is 9.13. The van der Waals surface area contributed by atoms with Gasteiger partial charge in [0.15, 0.2) is 16.4 Å². The number of aromatic nitrogens is 3. The number of amides is 1. The van der Waals surface area contributed by atoms with E-state index in [9.17, 15) is 18.0 Å². The van der Waals surface area contributed by atoms with Crippen LogP contribution in [0.15, 0.2) is 36.7 Å². The largest absolute Gasteiger partial charge is 0.408 e. The van der Waals surface area contributed by atoms with Crippen LogP contribution in [0.2, 0.25) is 0 Å². The first kappa shape index (κ1) is 18.3. The number of hydrogen-bond acceptors (Lipinski definition) is 6. The van der Waals surface area contributed by atoms with Crippen molar-refractivity contribution in [2.45, 2.75) is 43.4 Å². The van der Waals surface area contributed by atoms with Crippen LogP contribution in [0.1, 0.15) is 25.5 Å². The summed E-state index contributed by atoms with van der Waals surface area (Å²) in [5.41, 5.74) is -2.09. The molecule has 2 aromatic heterocycles. The van der Waals surface area contributed by atoms with Crippen molar-refractivity contribution < 1.29 is 18.0 Å². The smallest absolute Gasteiger partial charge is 0.359 e. The summed E-state index contributed by atoms with van der Waals surface area (Å²) in [7, 11) is 0. The van der Waals surface area contributed by atoms with Crippen LogP contribution < -0.4 is 10.2 Å². The number of hydrogen-bond donors (Lipinski definition) is 1. The minimum atomic E-state index is -4.74. The number of nitrogens with one attached hydrogen (secondary N) is 1. The highest BCUT2D eigenvalue weighted by molar-refractivity contribution is 7.22. The highest BCUT2D eigenvalue weighted by Crippen LogP contribution is 2.51. The molecule has 29 heavy (non-hydrogen) atoms. The maximum absolute atomic E-state index is 13.8. The minimum absolute atomic E-state index is 0.0146. The van der Waals surface area contributed by atoms with E-state index in [-0.39, 0.29) is 23.6 Å². The summed E-state index contributed by atoms with van der Waals surface area (Å²) >= 11 is 1.53. The minimum Gasteiger partial charge on any atom is -0.359 e. The lowest BCUT2D eigenvalue weighted by molar-refractivity contribution is -0.188. The molecule has 10 heteroatoms. The third-order valence-corrected chi connectivity index (χ3v) is 6.66. The number of halogens is 3. The third-order valence-electron chi connectivity index (χ3n) is 5.69. The van der Waals surface area contributed by atoms with Crippen molar-refractivity contribution in [1.29, 1.82) is 0 Å². The number of nitrogens with zero attached hydrogens (tertiary/aromatic N) is 4. The van der Waals surface area contributed by atoms with Gasteiger partial charge in [0.1, 0.15) is 5.69 Å². The van der Waals surface area contributed by atoms with Crippen LogP contribution in [-0.2, 0) is 10.2 Å². The van der Waals surface area contributed by atoms with Crippen LogP contribution in [0.4, 0.5) is 24.1 Å². The second-order valence-corrected chi connectivity index (χ2v) is 8.51. The molecule has 0 saturated heterocycles. The Morgan fingerprint density at radius 3 is 2.66 bits per heavy atom. The number of fused-ring (bicyclic) bond motifs is 2. The molecule has 0 spiro atoms. The maximum Gasteiger partial charge on any atom is 0.408 e. The Hall–Kier alpha value is -2.75. The Morgan fingerprint density at radius 1 is 1.21 bits per heavy atom. The number of rotatable bonds is 3. The van der Waals surface area contributed by atoms with E-state index >= 15 is 0 Å². The van der Waals surface area contributed by atoms with Crippen molar-refractivity contribution in [2.75, 3.05) is 10.2 Å². The van der Waals surface area contributed by atoms with Gasteiger partial charge in [0, 0.05) is 24.5 Å². The van der Waals surface area contributed by atoms with E-state index in [4.69, 9.17) is 0 Å². The van der Waals surface area contributed by atoms with Gasteiger partial charge in [-0.3, -0.25) is 14.7 Å². The van der Waals surface area contributed by atoms with Crippen LogP contribution in [0.25, 0.3) is 10.2 Å². The third kappa shape index (κ3) is 2.61. The lowest BCUT2D eigenvalue weighted by Crippen LogP contribution is -2.56. The van der Waals surface area contributed by atoms with Gasteiger partial charge in [-0.25, -0.2) is 9.97 Å². The Kier molecular flexibility index (Phi) is 3.86. The predicted octanol–water partition coefficient (Wildman–Crippen LogP) is 3.90. The Bertz CT molecular complexity index is 1080. The van der Waals surface area contributed by atoms with Gasteiger partial charge >= 0.3 is 6.18 Å². The summed E-state index contributed by atoms with van der Waals surface area (Å²) in [5, 5.41) is 4.09. The lowest BCUT2D eigenvalue weighted by atomic mass is 9.84. The molecular weight excluding hydrogens is 403 g/mol. The highest BCUT2D eigenvalue weighted by atomic mass is 32.1. The number of alkyl halides is 3. The molecule has 1 aliphatic heterocycles. The van der Waals surface area contributed by atoms with Crippen LogP contribution >= 0.6 is 11.3 Å². The molecule has 0 radical (unpaired) electrons. The summed E-state index contributed by atoms with van der Waals surface area (Å²) in [6.07, 6.45) is -1.20. The normalized spacial score (nSPS) is 26.5. The topological polar surface area (TPSA) is 71.0 Å². The number of carbonyl (C=O) groups excluding carboxylic acids is 1. The molecule has 1 aromatic carbocycles. The second-order valence-electron chi connectivity index (χ2n) is 7.48. The Labute approximate surface area is 167 Å². The van der Waals surface area contributed by atoms with Crippen LogP contribution in [0.3, 0.4) is 0 Å². The number of thiazole rings is 1. The van der Waals surface area contributed by atoms with Crippen molar-refractivity contribution in [3.05, 3.63) is 42.4 Å². The number of benzene rings is 1. The molecule has 3 aromatic rings. The fourth-order valence-corrected chi connectivity index (χ4v) is 4.86. The van der Waals surface area contributed by atoms with Crippen molar-refractivity contribution in [3.63, 3.8) is 0 Å². The van der Waals surface area contributed by atoms with Crippen molar-refractivity contribution in [3.8, 4) is 0 Å². The van der Waals surface area contributed by atoms with E-state index in [0.717, 1.165) is 22.3 Å². The van der Waals surface area contributed by atoms with Gasteiger partial charge in [0.2, 0.25) is 5.91 Å². The van der Waals surface area contributed by atoms with Gasteiger partial charge < -0.3 is 5.32 Å². The van der Waals surface area contributed by atoms with Crippen molar-refractivity contribution in [2.24, 2.45) is 0 Å². The van der Waals surface area contributed by atoms with E-state index in [1.54, 1.807) is 0 Å². The van der Waals surface area contributed by atoms with Crippen LogP contribution in [-0.4, -0.2) is 39.1 Å². The van der Waals surface area contributed by atoms with Crippen molar-refractivity contribution >= 4 is 38.4 Å². The van der Waals surface area contributed by atoms with Gasteiger partial charge in [0.25, 0.3) is 0 Å². The average molecular weight is 419 g/mol. The maximum atomic E-state index is 13.8. The van der Waals surface area contributed by atoms with Gasteiger partial charge in [0.05, 0.1) is 10.2 Å². The first-order chi connectivity index (χ1) is 13.8. The van der Waals surface area contributed by atoms with Gasteiger partial charge in [-0.2, -0.15) is 13.2 Å². The number of carbonyl (C=O) groups is 1. The fourth-order valence-electron chi connectivity index (χ4n) is 3.92. The zero-order valence-electron chi connectivity index (χ0n) is 15.3. The SMILES string of the molecule is CC1(C(F)(F)F)C(=O)N(C2CC(Nc3nc4ccccc4s3)C2)c2nccnc21. The van der Waals surface area contributed by atoms with Gasteiger partial charge in [-0.15, -0.1) is 0 Å². The highest BCUT2D eigenvalue weighted by Gasteiger charge is 2.67. The molecule has 1 N–H and O–H groups in total. The van der Waals surface area contributed by atoms with E-state index in [1.165, 1.54) is 28.6 Å². The molecule has 1 fully saturated rings. The molecular formula is C19H16F3N5OS. The first-order valence-corrected chi connectivity index (χ1v) is 9.94. The zero-order chi connectivity index (χ0) is 20.4. The Balaban J connectivity index is 1.35. The molecule has 5 rings (SSSR count). The average Bonchev–Trinajstić information content (AvgIpc) is 3.16. The standard InChI is InChI=1S/C19H16F3N5OS/c1-18(19(20,21)22)14-15(24-7-6-23-14)27(16(18)28)11-8-10(9-11)25-17-26-12-4-2-3-5-13(12)29-17/h2-7,10-11H,8-9H2,1H3,(H,25,26). The monoisotopic (exact) mass is 419 g/mol. The number of anilines is 2. The molecule has 1 saturated carbocycles. The van der Waals surface area contributed by atoms with Crippen molar-refractivity contribution in [1.82, 2.24) is 15.0 Å². The molecule has 2 aliphatic rings. The Morgan fingerprint density at radius 2 is 1.93 bits per heavy atom. The van der Waals surface area contributed by atoms with Gasteiger partial charge in [-0.1, -0.05) is 23.5 Å². The second kappa shape index (κ2) is 6.12. The molecule has 6 nitrogen and oxygen atoms in total. The molecule has 1 unspecified atom stereocenters. The fraction of sp³-hybridized carbons (Fsp3) is 0.368. The predicted molar refractivity (Wildman–Crippen MR) is 103 cm³/mol. The van der Waals surface area contributed by atoms with E-state index in [1.807, 2.05) is 24.3 Å². The van der Waals surface area contributed by atoms with E-state index in [2.05, 4.69) is 20.3 Å². The molecule has 0 bridgehead atoms. The molecule has 150 valence electrons. The number of para-hydroxylation sites is 1. The summed E-state index contributed by atoms with van der Waals surface area (Å²) in [4.78, 5) is 26.5.